The van der Waals surface area contributed by atoms with Gasteiger partial charge in [-0.25, -0.2) is 13.4 Å². The SMILES string of the molecule is CN(C(C)(C)CO)S(=O)(=O)c1c(N)nc2ccccn12. The molecule has 0 radical (unpaired) electrons. The fourth-order valence-corrected chi connectivity index (χ4v) is 3.48. The van der Waals surface area contributed by atoms with Crippen LogP contribution in [0.5, 0.6) is 0 Å². The highest BCUT2D eigenvalue weighted by Gasteiger charge is 2.37. The summed E-state index contributed by atoms with van der Waals surface area (Å²) < 4.78 is 27.9. The Bertz CT molecular complexity index is 736. The van der Waals surface area contributed by atoms with Crippen LogP contribution in [0.4, 0.5) is 5.82 Å². The van der Waals surface area contributed by atoms with Crippen LogP contribution in [0.1, 0.15) is 13.8 Å². The number of nitrogens with two attached hydrogens (primary N) is 1. The number of imidazole rings is 1. The molecule has 3 N–H and O–H groups in total. The van der Waals surface area contributed by atoms with Crippen LogP contribution in [0, 0.1) is 0 Å². The van der Waals surface area contributed by atoms with Gasteiger partial charge in [-0.2, -0.15) is 4.31 Å². The number of rotatable bonds is 4. The second-order valence-corrected chi connectivity index (χ2v) is 7.06. The van der Waals surface area contributed by atoms with Gasteiger partial charge in [0.15, 0.2) is 10.8 Å². The van der Waals surface area contributed by atoms with Gasteiger partial charge >= 0.3 is 0 Å². The van der Waals surface area contributed by atoms with Crippen molar-refractivity contribution in [2.75, 3.05) is 19.4 Å². The monoisotopic (exact) mass is 298 g/mol. The van der Waals surface area contributed by atoms with Gasteiger partial charge in [0.2, 0.25) is 0 Å². The van der Waals surface area contributed by atoms with Gasteiger partial charge in [-0.05, 0) is 26.0 Å². The van der Waals surface area contributed by atoms with Crippen LogP contribution in [0.25, 0.3) is 5.65 Å². The third-order valence-electron chi connectivity index (χ3n) is 3.36. The average molecular weight is 298 g/mol. The van der Waals surface area contributed by atoms with Crippen LogP contribution in [0.2, 0.25) is 0 Å². The fraction of sp³-hybridized carbons (Fsp3) is 0.417. The van der Waals surface area contributed by atoms with Gasteiger partial charge < -0.3 is 10.8 Å². The van der Waals surface area contributed by atoms with E-state index in [0.717, 1.165) is 4.31 Å². The molecule has 7 nitrogen and oxygen atoms in total. The first-order chi connectivity index (χ1) is 9.21. The van der Waals surface area contributed by atoms with Crippen molar-refractivity contribution in [1.82, 2.24) is 13.7 Å². The van der Waals surface area contributed by atoms with Crippen LogP contribution in [-0.4, -0.2) is 46.4 Å². The number of nitrogens with zero attached hydrogens (tertiary/aromatic N) is 3. The molecule has 0 bridgehead atoms. The van der Waals surface area contributed by atoms with Crippen LogP contribution in [0.15, 0.2) is 29.4 Å². The fourth-order valence-electron chi connectivity index (χ4n) is 1.80. The number of nitrogen functional groups attached to an aromatic ring is 1. The first kappa shape index (κ1) is 14.8. The minimum Gasteiger partial charge on any atom is -0.394 e. The molecule has 0 fully saturated rings. The molecule has 2 rings (SSSR count). The van der Waals surface area contributed by atoms with Crippen molar-refractivity contribution >= 4 is 21.5 Å². The van der Waals surface area contributed by atoms with Gasteiger partial charge in [-0.1, -0.05) is 6.07 Å². The van der Waals surface area contributed by atoms with E-state index >= 15 is 0 Å². The maximum atomic E-state index is 12.7. The highest BCUT2D eigenvalue weighted by Crippen LogP contribution is 2.27. The Hall–Kier alpha value is -1.64. The molecule has 0 unspecified atom stereocenters. The maximum Gasteiger partial charge on any atom is 0.263 e. The summed E-state index contributed by atoms with van der Waals surface area (Å²) in [4.78, 5) is 4.04. The van der Waals surface area contributed by atoms with E-state index in [1.54, 1.807) is 38.2 Å². The zero-order valence-electron chi connectivity index (χ0n) is 11.6. The third-order valence-corrected chi connectivity index (χ3v) is 5.47. The Morgan fingerprint density at radius 1 is 1.45 bits per heavy atom. The van der Waals surface area contributed by atoms with Crippen LogP contribution in [-0.2, 0) is 10.0 Å². The average Bonchev–Trinajstić information content (AvgIpc) is 2.74. The van der Waals surface area contributed by atoms with Gasteiger partial charge in [-0.3, -0.25) is 4.40 Å². The number of aliphatic hydroxyl groups is 1. The maximum absolute atomic E-state index is 12.7. The number of likely N-dealkylation sites (N-methyl/N-ethyl adjacent to an activating group) is 1. The normalized spacial score (nSPS) is 13.2. The summed E-state index contributed by atoms with van der Waals surface area (Å²) >= 11 is 0. The minimum absolute atomic E-state index is 0.0585. The van der Waals surface area contributed by atoms with Gasteiger partial charge in [0.05, 0.1) is 12.1 Å². The summed E-state index contributed by atoms with van der Waals surface area (Å²) in [6.45, 7) is 2.95. The Morgan fingerprint density at radius 3 is 2.70 bits per heavy atom. The largest absolute Gasteiger partial charge is 0.394 e. The molecule has 0 atom stereocenters. The quantitative estimate of drug-likeness (QED) is 0.846. The van der Waals surface area contributed by atoms with E-state index in [9.17, 15) is 13.5 Å². The van der Waals surface area contributed by atoms with Gasteiger partial charge in [0.25, 0.3) is 10.0 Å². The first-order valence-electron chi connectivity index (χ1n) is 6.04. The zero-order chi connectivity index (χ0) is 15.1. The van der Waals surface area contributed by atoms with Gasteiger partial charge in [0.1, 0.15) is 5.65 Å². The second kappa shape index (κ2) is 4.72. The summed E-state index contributed by atoms with van der Waals surface area (Å²) in [6.07, 6.45) is 1.59. The highest BCUT2D eigenvalue weighted by atomic mass is 32.2. The van der Waals surface area contributed by atoms with E-state index in [2.05, 4.69) is 4.98 Å². The lowest BCUT2D eigenvalue weighted by Gasteiger charge is -2.32. The Balaban J connectivity index is 2.67. The van der Waals surface area contributed by atoms with E-state index in [1.165, 1.54) is 11.4 Å². The molecule has 0 saturated carbocycles. The van der Waals surface area contributed by atoms with Gasteiger partial charge in [-0.15, -0.1) is 0 Å². The molecule has 0 saturated heterocycles. The number of hydrogen-bond donors (Lipinski definition) is 2. The van der Waals surface area contributed by atoms with E-state index in [-0.39, 0.29) is 17.5 Å². The zero-order valence-corrected chi connectivity index (χ0v) is 12.4. The molecule has 0 aromatic carbocycles. The Kier molecular flexibility index (Phi) is 3.49. The minimum atomic E-state index is -3.87. The standard InChI is InChI=1S/C12H18N4O3S/c1-12(2,8-17)15(3)20(18,19)11-10(13)14-9-6-4-5-7-16(9)11/h4-7,17H,8,13H2,1-3H3. The lowest BCUT2D eigenvalue weighted by molar-refractivity contribution is 0.137. The first-order valence-corrected chi connectivity index (χ1v) is 7.48. The number of sulfonamides is 1. The molecule has 8 heteroatoms. The van der Waals surface area contributed by atoms with E-state index in [4.69, 9.17) is 5.73 Å². The molecule has 0 spiro atoms. The predicted molar refractivity (Wildman–Crippen MR) is 75.7 cm³/mol. The van der Waals surface area contributed by atoms with Crippen LogP contribution in [0.3, 0.4) is 0 Å². The Labute approximate surface area is 117 Å². The van der Waals surface area contributed by atoms with Crippen molar-refractivity contribution < 1.29 is 13.5 Å². The molecule has 2 aromatic rings. The van der Waals surface area contributed by atoms with Crippen molar-refractivity contribution in [2.45, 2.75) is 24.4 Å². The second-order valence-electron chi connectivity index (χ2n) is 5.17. The number of hydrogen-bond acceptors (Lipinski definition) is 5. The number of aromatic nitrogens is 2. The lowest BCUT2D eigenvalue weighted by atomic mass is 10.1. The third kappa shape index (κ3) is 2.15. The molecule has 20 heavy (non-hydrogen) atoms. The molecule has 0 aliphatic carbocycles. The summed E-state index contributed by atoms with van der Waals surface area (Å²) in [5.74, 6) is -0.0585. The molecular weight excluding hydrogens is 280 g/mol. The molecule has 2 heterocycles. The molecule has 2 aromatic heterocycles. The van der Waals surface area contributed by atoms with Crippen LogP contribution < -0.4 is 5.73 Å². The van der Waals surface area contributed by atoms with Crippen molar-refractivity contribution in [3.63, 3.8) is 0 Å². The molecular formula is C12H18N4O3S. The number of pyridine rings is 1. The Morgan fingerprint density at radius 2 is 2.10 bits per heavy atom. The summed E-state index contributed by atoms with van der Waals surface area (Å²) in [6, 6.07) is 5.12. The van der Waals surface area contributed by atoms with E-state index in [0.29, 0.717) is 5.65 Å². The molecule has 110 valence electrons. The predicted octanol–water partition coefficient (Wildman–Crippen LogP) is 0.308. The highest BCUT2D eigenvalue weighted by molar-refractivity contribution is 7.89. The molecule has 0 aliphatic heterocycles. The number of aliphatic hydroxyl groups excluding tert-OH is 1. The number of anilines is 1. The van der Waals surface area contributed by atoms with Crippen molar-refractivity contribution in [3.05, 3.63) is 24.4 Å². The summed E-state index contributed by atoms with van der Waals surface area (Å²) in [5, 5.41) is 9.26. The van der Waals surface area contributed by atoms with Crippen molar-refractivity contribution in [3.8, 4) is 0 Å². The topological polar surface area (TPSA) is 101 Å². The lowest BCUT2D eigenvalue weighted by Crippen LogP contribution is -2.47. The van der Waals surface area contributed by atoms with Gasteiger partial charge in [0, 0.05) is 13.2 Å². The molecule has 0 aliphatic rings. The number of fused-ring (bicyclic) bond motifs is 1. The van der Waals surface area contributed by atoms with Crippen molar-refractivity contribution in [2.24, 2.45) is 0 Å². The molecule has 0 amide bonds. The summed E-state index contributed by atoms with van der Waals surface area (Å²) in [7, 11) is -2.46. The van der Waals surface area contributed by atoms with E-state index < -0.39 is 15.6 Å². The summed E-state index contributed by atoms with van der Waals surface area (Å²) in [5.41, 5.74) is 5.28. The smallest absolute Gasteiger partial charge is 0.263 e. The van der Waals surface area contributed by atoms with Crippen LogP contribution >= 0.6 is 0 Å². The van der Waals surface area contributed by atoms with E-state index in [1.807, 2.05) is 0 Å². The van der Waals surface area contributed by atoms with Crippen molar-refractivity contribution in [1.29, 1.82) is 0 Å².